The van der Waals surface area contributed by atoms with E-state index in [-0.39, 0.29) is 0 Å². The Morgan fingerprint density at radius 1 is 0.833 bits per heavy atom. The van der Waals surface area contributed by atoms with Crippen LogP contribution in [0.1, 0.15) is 88.7 Å². The highest BCUT2D eigenvalue weighted by Crippen LogP contribution is 2.42. The number of hydrogen-bond donors (Lipinski definition) is 0. The molecular weight excluding hydrogens is 362 g/mol. The third-order valence-electron chi connectivity index (χ3n) is 7.80. The third-order valence-corrected chi connectivity index (χ3v) is 7.80. The van der Waals surface area contributed by atoms with E-state index >= 15 is 0 Å². The highest BCUT2D eigenvalue weighted by Gasteiger charge is 2.30. The van der Waals surface area contributed by atoms with E-state index in [0.717, 1.165) is 30.1 Å². The van der Waals surface area contributed by atoms with Gasteiger partial charge in [0.2, 0.25) is 0 Å². The standard InChI is InChI=1S/C29H41N/c1-2-24-11-13-25(14-12-24)9-5-6-10-27-17-21-29(22-18-27)28-19-15-26(16-20-28)8-4-3-7-23-30/h3-4,7-8,11-14,26-29H,2,5-6,9-10,15-22H2,1H3/b7-3+,8-4+. The lowest BCUT2D eigenvalue weighted by Gasteiger charge is -2.37. The summed E-state index contributed by atoms with van der Waals surface area (Å²) in [7, 11) is 0. The van der Waals surface area contributed by atoms with E-state index in [1.54, 1.807) is 6.08 Å². The predicted molar refractivity (Wildman–Crippen MR) is 128 cm³/mol. The van der Waals surface area contributed by atoms with E-state index < -0.39 is 0 Å². The smallest absolute Gasteiger partial charge is 0.0912 e. The van der Waals surface area contributed by atoms with Gasteiger partial charge in [-0.2, -0.15) is 5.26 Å². The molecule has 30 heavy (non-hydrogen) atoms. The van der Waals surface area contributed by atoms with Crippen LogP contribution in [0.5, 0.6) is 0 Å². The molecule has 1 nitrogen and oxygen atoms in total. The second-order valence-electron chi connectivity index (χ2n) is 9.74. The van der Waals surface area contributed by atoms with E-state index in [1.807, 2.05) is 6.08 Å². The number of unbranched alkanes of at least 4 members (excludes halogenated alkanes) is 1. The number of allylic oxidation sites excluding steroid dienone is 4. The van der Waals surface area contributed by atoms with Gasteiger partial charge in [0, 0.05) is 6.08 Å². The monoisotopic (exact) mass is 403 g/mol. The van der Waals surface area contributed by atoms with Gasteiger partial charge in [-0.3, -0.25) is 0 Å². The van der Waals surface area contributed by atoms with Crippen molar-refractivity contribution in [2.75, 3.05) is 0 Å². The van der Waals surface area contributed by atoms with Crippen LogP contribution in [0.3, 0.4) is 0 Å². The molecular formula is C29H41N. The lowest BCUT2D eigenvalue weighted by Crippen LogP contribution is -2.25. The SMILES string of the molecule is CCc1ccc(CCCCC2CCC(C3CCC(/C=C/C=C/C#N)CC3)CC2)cc1. The first-order valence-corrected chi connectivity index (χ1v) is 12.6. The molecule has 2 saturated carbocycles. The molecule has 0 unspecified atom stereocenters. The normalized spacial score (nSPS) is 27.5. The molecule has 0 saturated heterocycles. The van der Waals surface area contributed by atoms with Crippen LogP contribution in [0.4, 0.5) is 0 Å². The second kappa shape index (κ2) is 12.8. The molecule has 0 atom stereocenters. The van der Waals surface area contributed by atoms with Gasteiger partial charge in [0.05, 0.1) is 6.07 Å². The van der Waals surface area contributed by atoms with Crippen molar-refractivity contribution in [2.45, 2.75) is 90.4 Å². The maximum Gasteiger partial charge on any atom is 0.0912 e. The van der Waals surface area contributed by atoms with Crippen LogP contribution in [-0.4, -0.2) is 0 Å². The van der Waals surface area contributed by atoms with Crippen LogP contribution < -0.4 is 0 Å². The minimum Gasteiger partial charge on any atom is -0.193 e. The summed E-state index contributed by atoms with van der Waals surface area (Å²) in [4.78, 5) is 0. The molecule has 0 aromatic heterocycles. The van der Waals surface area contributed by atoms with Crippen molar-refractivity contribution in [2.24, 2.45) is 23.7 Å². The molecule has 162 valence electrons. The first kappa shape index (κ1) is 22.9. The molecule has 1 aromatic carbocycles. The average Bonchev–Trinajstić information content (AvgIpc) is 2.81. The summed E-state index contributed by atoms with van der Waals surface area (Å²) in [6.07, 6.45) is 25.9. The quantitative estimate of drug-likeness (QED) is 0.231. The van der Waals surface area contributed by atoms with Crippen molar-refractivity contribution in [3.05, 3.63) is 59.7 Å². The fourth-order valence-electron chi connectivity index (χ4n) is 5.78. The molecule has 0 bridgehead atoms. The van der Waals surface area contributed by atoms with E-state index in [1.165, 1.54) is 88.2 Å². The summed E-state index contributed by atoms with van der Waals surface area (Å²) in [5.74, 6) is 3.71. The zero-order valence-electron chi connectivity index (χ0n) is 19.1. The van der Waals surface area contributed by atoms with Crippen LogP contribution in [0.2, 0.25) is 0 Å². The van der Waals surface area contributed by atoms with E-state index in [0.29, 0.717) is 0 Å². The van der Waals surface area contributed by atoms with Gasteiger partial charge in [-0.15, -0.1) is 0 Å². The summed E-state index contributed by atoms with van der Waals surface area (Å²) < 4.78 is 0. The average molecular weight is 404 g/mol. The van der Waals surface area contributed by atoms with E-state index in [4.69, 9.17) is 5.26 Å². The first-order chi connectivity index (χ1) is 14.8. The topological polar surface area (TPSA) is 23.8 Å². The molecule has 0 heterocycles. The molecule has 2 aliphatic rings. The highest BCUT2D eigenvalue weighted by molar-refractivity contribution is 5.22. The number of rotatable bonds is 9. The Bertz CT molecular complexity index is 689. The minimum atomic E-state index is 0.735. The zero-order valence-corrected chi connectivity index (χ0v) is 19.1. The van der Waals surface area contributed by atoms with Crippen molar-refractivity contribution in [3.8, 4) is 6.07 Å². The molecule has 0 spiro atoms. The van der Waals surface area contributed by atoms with Gasteiger partial charge >= 0.3 is 0 Å². The number of nitrogens with zero attached hydrogens (tertiary/aromatic N) is 1. The van der Waals surface area contributed by atoms with Crippen molar-refractivity contribution < 1.29 is 0 Å². The Morgan fingerprint density at radius 2 is 1.47 bits per heavy atom. The number of aryl methyl sites for hydroxylation is 2. The molecule has 2 aliphatic carbocycles. The summed E-state index contributed by atoms with van der Waals surface area (Å²) in [6, 6.07) is 11.3. The van der Waals surface area contributed by atoms with Crippen LogP contribution in [0.15, 0.2) is 48.6 Å². The predicted octanol–water partition coefficient (Wildman–Crippen LogP) is 8.21. The fourth-order valence-corrected chi connectivity index (χ4v) is 5.78. The van der Waals surface area contributed by atoms with Crippen molar-refractivity contribution >= 4 is 0 Å². The largest absolute Gasteiger partial charge is 0.193 e. The number of benzene rings is 1. The van der Waals surface area contributed by atoms with Crippen molar-refractivity contribution in [1.82, 2.24) is 0 Å². The van der Waals surface area contributed by atoms with Crippen molar-refractivity contribution in [1.29, 1.82) is 5.26 Å². The summed E-state index contributed by atoms with van der Waals surface area (Å²) in [6.45, 7) is 2.23. The van der Waals surface area contributed by atoms with Gasteiger partial charge in [-0.05, 0) is 92.6 Å². The summed E-state index contributed by atoms with van der Waals surface area (Å²) in [5.41, 5.74) is 2.97. The lowest BCUT2D eigenvalue weighted by molar-refractivity contribution is 0.151. The first-order valence-electron chi connectivity index (χ1n) is 12.6. The highest BCUT2D eigenvalue weighted by atomic mass is 14.4. The van der Waals surface area contributed by atoms with Crippen LogP contribution in [-0.2, 0) is 12.8 Å². The molecule has 0 radical (unpaired) electrons. The van der Waals surface area contributed by atoms with Crippen molar-refractivity contribution in [3.63, 3.8) is 0 Å². The van der Waals surface area contributed by atoms with Gasteiger partial charge in [0.15, 0.2) is 0 Å². The molecule has 0 aliphatic heterocycles. The maximum absolute atomic E-state index is 8.55. The van der Waals surface area contributed by atoms with Gasteiger partial charge in [-0.25, -0.2) is 0 Å². The Balaban J connectivity index is 1.27. The number of hydrogen-bond acceptors (Lipinski definition) is 1. The number of nitriles is 1. The van der Waals surface area contributed by atoms with Gasteiger partial charge < -0.3 is 0 Å². The van der Waals surface area contributed by atoms with Gasteiger partial charge in [0.1, 0.15) is 0 Å². The third kappa shape index (κ3) is 7.46. The van der Waals surface area contributed by atoms with E-state index in [2.05, 4.69) is 49.4 Å². The Kier molecular flexibility index (Phi) is 9.75. The molecule has 0 amide bonds. The van der Waals surface area contributed by atoms with Gasteiger partial charge in [0.25, 0.3) is 0 Å². The molecule has 1 heteroatoms. The molecule has 3 rings (SSSR count). The van der Waals surface area contributed by atoms with E-state index in [9.17, 15) is 0 Å². The van der Waals surface area contributed by atoms with Crippen LogP contribution >= 0.6 is 0 Å². The Labute approximate surface area is 185 Å². The zero-order chi connectivity index (χ0) is 21.0. The Hall–Kier alpha value is -1.81. The summed E-state index contributed by atoms with van der Waals surface area (Å²) in [5, 5.41) is 8.55. The fraction of sp³-hybridized carbons (Fsp3) is 0.621. The molecule has 2 fully saturated rings. The van der Waals surface area contributed by atoms with Gasteiger partial charge in [-0.1, -0.05) is 75.1 Å². The lowest BCUT2D eigenvalue weighted by atomic mass is 9.68. The van der Waals surface area contributed by atoms with Crippen LogP contribution in [0, 0.1) is 35.0 Å². The summed E-state index contributed by atoms with van der Waals surface area (Å²) >= 11 is 0. The minimum absolute atomic E-state index is 0.735. The molecule has 0 N–H and O–H groups in total. The second-order valence-corrected chi connectivity index (χ2v) is 9.74. The maximum atomic E-state index is 8.55. The molecule has 1 aromatic rings. The Morgan fingerprint density at radius 3 is 2.10 bits per heavy atom. The van der Waals surface area contributed by atoms with Crippen LogP contribution in [0.25, 0.3) is 0 Å².